The summed E-state index contributed by atoms with van der Waals surface area (Å²) in [6.07, 6.45) is 1.96. The van der Waals surface area contributed by atoms with Crippen LogP contribution in [0.15, 0.2) is 52.3 Å². The van der Waals surface area contributed by atoms with Gasteiger partial charge in [-0.15, -0.1) is 0 Å². The van der Waals surface area contributed by atoms with Gasteiger partial charge in [0.15, 0.2) is 6.61 Å². The zero-order chi connectivity index (χ0) is 19.9. The predicted octanol–water partition coefficient (Wildman–Crippen LogP) is -1.98. The van der Waals surface area contributed by atoms with Gasteiger partial charge in [0.25, 0.3) is 0 Å². The van der Waals surface area contributed by atoms with Crippen molar-refractivity contribution >= 4 is 17.9 Å². The van der Waals surface area contributed by atoms with Gasteiger partial charge in [-0.05, 0) is 0 Å². The van der Waals surface area contributed by atoms with Crippen LogP contribution in [0.5, 0.6) is 0 Å². The summed E-state index contributed by atoms with van der Waals surface area (Å²) in [4.78, 5) is 73.3. The van der Waals surface area contributed by atoms with Crippen molar-refractivity contribution in [3.05, 3.63) is 69.4 Å². The lowest BCUT2D eigenvalue weighted by Gasteiger charge is -2.30. The molecule has 12 nitrogen and oxygen atoms in total. The Morgan fingerprint density at radius 2 is 1.31 bits per heavy atom. The molecular formula is C14H13N3O9. The lowest BCUT2D eigenvalue weighted by Crippen LogP contribution is -2.59. The molecule has 0 aliphatic rings. The van der Waals surface area contributed by atoms with Crippen molar-refractivity contribution in [2.24, 2.45) is 0 Å². The second kappa shape index (κ2) is 8.23. The highest BCUT2D eigenvalue weighted by molar-refractivity contribution is 5.83. The minimum atomic E-state index is -2.90. The second-order valence-electron chi connectivity index (χ2n) is 4.30. The predicted molar refractivity (Wildman–Crippen MR) is 83.7 cm³/mol. The Morgan fingerprint density at radius 3 is 1.69 bits per heavy atom. The summed E-state index contributed by atoms with van der Waals surface area (Å²) in [6, 6.07) is 0. The van der Waals surface area contributed by atoms with Gasteiger partial charge >= 0.3 is 40.9 Å². The first-order valence-electron chi connectivity index (χ1n) is 6.65. The Bertz CT molecular complexity index is 878. The third-order valence-electron chi connectivity index (χ3n) is 2.60. The second-order valence-corrected chi connectivity index (χ2v) is 4.30. The summed E-state index contributed by atoms with van der Waals surface area (Å²) in [5.74, 6) is -6.47. The molecule has 0 amide bonds. The Kier molecular flexibility index (Phi) is 6.36. The molecule has 0 aromatic carbocycles. The SMILES string of the molecule is C=CC(=O)OCC(OC(=O)C=C)(OC(=O)C=C)n1c(=O)[nH]c(=O)[nH]c1=O. The lowest BCUT2D eigenvalue weighted by molar-refractivity contribution is -0.281. The van der Waals surface area contributed by atoms with E-state index in [0.717, 1.165) is 6.08 Å². The van der Waals surface area contributed by atoms with Crippen LogP contribution in [0.3, 0.4) is 0 Å². The van der Waals surface area contributed by atoms with Crippen LogP contribution in [0.4, 0.5) is 0 Å². The fourth-order valence-electron chi connectivity index (χ4n) is 1.59. The molecule has 0 atom stereocenters. The van der Waals surface area contributed by atoms with Crippen LogP contribution in [0, 0.1) is 0 Å². The number of rotatable bonds is 8. The Balaban J connectivity index is 3.71. The lowest BCUT2D eigenvalue weighted by atomic mass is 10.4. The van der Waals surface area contributed by atoms with Crippen LogP contribution in [0.1, 0.15) is 0 Å². The standard InChI is InChI=1S/C14H13N3O9/c1-4-8(18)24-7-14(25-9(19)5-2,26-10(20)6-3)17-12(22)15-11(21)16-13(17)23/h4-6H,1-3,7H2,(H2,15,16,21,22,23). The first-order chi connectivity index (χ1) is 12.2. The fourth-order valence-corrected chi connectivity index (χ4v) is 1.59. The maximum absolute atomic E-state index is 12.1. The van der Waals surface area contributed by atoms with E-state index in [1.807, 2.05) is 0 Å². The van der Waals surface area contributed by atoms with Gasteiger partial charge in [-0.1, -0.05) is 19.7 Å². The van der Waals surface area contributed by atoms with Crippen molar-refractivity contribution in [1.82, 2.24) is 14.5 Å². The molecular weight excluding hydrogens is 354 g/mol. The van der Waals surface area contributed by atoms with Gasteiger partial charge in [-0.3, -0.25) is 9.97 Å². The molecule has 138 valence electrons. The summed E-state index contributed by atoms with van der Waals surface area (Å²) < 4.78 is 14.3. The van der Waals surface area contributed by atoms with E-state index in [9.17, 15) is 28.8 Å². The topological polar surface area (TPSA) is 167 Å². The molecule has 1 heterocycles. The Hall–Kier alpha value is -3.96. The monoisotopic (exact) mass is 367 g/mol. The number of aromatic amines is 2. The average molecular weight is 367 g/mol. The molecule has 1 aromatic heterocycles. The number of aromatic nitrogens is 3. The number of nitrogens with zero attached hydrogens (tertiary/aromatic N) is 1. The van der Waals surface area contributed by atoms with E-state index in [0.29, 0.717) is 12.2 Å². The van der Waals surface area contributed by atoms with Crippen molar-refractivity contribution < 1.29 is 28.6 Å². The molecule has 0 unspecified atom stereocenters. The van der Waals surface area contributed by atoms with Crippen molar-refractivity contribution in [3.63, 3.8) is 0 Å². The first kappa shape index (κ1) is 20.1. The molecule has 0 saturated carbocycles. The van der Waals surface area contributed by atoms with Gasteiger partial charge < -0.3 is 14.2 Å². The van der Waals surface area contributed by atoms with Crippen LogP contribution in [0.25, 0.3) is 0 Å². The minimum absolute atomic E-state index is 0.0214. The number of carbonyl (C=O) groups excluding carboxylic acids is 3. The Morgan fingerprint density at radius 1 is 0.885 bits per heavy atom. The largest absolute Gasteiger partial charge is 0.452 e. The molecule has 0 aliphatic carbocycles. The maximum Gasteiger partial charge on any atom is 0.390 e. The summed E-state index contributed by atoms with van der Waals surface area (Å²) >= 11 is 0. The van der Waals surface area contributed by atoms with E-state index in [4.69, 9.17) is 9.47 Å². The summed E-state index contributed by atoms with van der Waals surface area (Å²) in [5.41, 5.74) is -4.04. The highest BCUT2D eigenvalue weighted by Crippen LogP contribution is 2.19. The van der Waals surface area contributed by atoms with E-state index < -0.39 is 47.5 Å². The molecule has 26 heavy (non-hydrogen) atoms. The number of nitrogens with one attached hydrogen (secondary N) is 2. The quantitative estimate of drug-likeness (QED) is 0.301. The number of ether oxygens (including phenoxy) is 3. The smallest absolute Gasteiger partial charge is 0.390 e. The first-order valence-corrected chi connectivity index (χ1v) is 6.65. The molecule has 2 N–H and O–H groups in total. The van der Waals surface area contributed by atoms with Crippen LogP contribution in [0.2, 0.25) is 0 Å². The molecule has 1 aromatic rings. The van der Waals surface area contributed by atoms with E-state index in [-0.39, 0.29) is 4.57 Å². The van der Waals surface area contributed by atoms with Crippen molar-refractivity contribution in [3.8, 4) is 0 Å². The highest BCUT2D eigenvalue weighted by atomic mass is 16.8. The van der Waals surface area contributed by atoms with Crippen LogP contribution in [-0.4, -0.2) is 39.0 Å². The van der Waals surface area contributed by atoms with E-state index >= 15 is 0 Å². The number of H-pyrrole nitrogens is 2. The molecule has 0 bridgehead atoms. The van der Waals surface area contributed by atoms with Gasteiger partial charge in [0.2, 0.25) is 0 Å². The molecule has 1 rings (SSSR count). The molecule has 0 fully saturated rings. The maximum atomic E-state index is 12.1. The minimum Gasteiger partial charge on any atom is -0.452 e. The summed E-state index contributed by atoms with van der Waals surface area (Å²) in [5, 5.41) is 0. The molecule has 12 heteroatoms. The van der Waals surface area contributed by atoms with Gasteiger partial charge in [0.1, 0.15) is 0 Å². The normalized spacial score (nSPS) is 10.3. The van der Waals surface area contributed by atoms with Crippen molar-refractivity contribution in [2.45, 2.75) is 5.91 Å². The third-order valence-corrected chi connectivity index (χ3v) is 2.60. The zero-order valence-corrected chi connectivity index (χ0v) is 13.2. The average Bonchev–Trinajstić information content (AvgIpc) is 2.58. The number of carbonyl (C=O) groups is 3. The third kappa shape index (κ3) is 4.53. The highest BCUT2D eigenvalue weighted by Gasteiger charge is 2.45. The van der Waals surface area contributed by atoms with Crippen LogP contribution >= 0.6 is 0 Å². The van der Waals surface area contributed by atoms with E-state index in [2.05, 4.69) is 24.5 Å². The van der Waals surface area contributed by atoms with Crippen molar-refractivity contribution in [1.29, 1.82) is 0 Å². The summed E-state index contributed by atoms with van der Waals surface area (Å²) in [6.45, 7) is 8.23. The van der Waals surface area contributed by atoms with Gasteiger partial charge in [0.05, 0.1) is 0 Å². The molecule has 0 spiro atoms. The number of hydrogen-bond acceptors (Lipinski definition) is 9. The van der Waals surface area contributed by atoms with E-state index in [1.165, 1.54) is 0 Å². The molecule has 0 aliphatic heterocycles. The van der Waals surface area contributed by atoms with Gasteiger partial charge in [0, 0.05) is 18.2 Å². The van der Waals surface area contributed by atoms with Crippen molar-refractivity contribution in [2.75, 3.05) is 6.61 Å². The number of hydrogen-bond donors (Lipinski definition) is 2. The molecule has 0 saturated heterocycles. The zero-order valence-electron chi connectivity index (χ0n) is 13.2. The Labute approximate surface area is 144 Å². The van der Waals surface area contributed by atoms with Crippen LogP contribution < -0.4 is 17.1 Å². The van der Waals surface area contributed by atoms with Crippen LogP contribution in [-0.2, 0) is 34.5 Å². The summed E-state index contributed by atoms with van der Waals surface area (Å²) in [7, 11) is 0. The van der Waals surface area contributed by atoms with E-state index in [1.54, 1.807) is 9.97 Å². The molecule has 0 radical (unpaired) electrons. The van der Waals surface area contributed by atoms with Gasteiger partial charge in [-0.2, -0.15) is 4.57 Å². The fraction of sp³-hybridized carbons (Fsp3) is 0.143. The number of esters is 3. The van der Waals surface area contributed by atoms with Gasteiger partial charge in [-0.25, -0.2) is 28.8 Å².